The number of ether oxygens (including phenoxy) is 1. The maximum Gasteiger partial charge on any atom is 0.265 e. The highest BCUT2D eigenvalue weighted by Crippen LogP contribution is 2.43. The lowest BCUT2D eigenvalue weighted by Gasteiger charge is -2.19. The maximum absolute atomic E-state index is 15.8. The van der Waals surface area contributed by atoms with Crippen molar-refractivity contribution in [1.29, 1.82) is 0 Å². The Labute approximate surface area is 214 Å². The summed E-state index contributed by atoms with van der Waals surface area (Å²) in [5.41, 5.74) is 0.119. The number of pyridine rings is 1. The van der Waals surface area contributed by atoms with E-state index >= 15 is 4.39 Å². The van der Waals surface area contributed by atoms with Crippen LogP contribution in [0.4, 0.5) is 23.2 Å². The van der Waals surface area contributed by atoms with Gasteiger partial charge < -0.3 is 4.74 Å². The number of aromatic nitrogens is 2. The van der Waals surface area contributed by atoms with Crippen LogP contribution < -0.4 is 4.72 Å². The summed E-state index contributed by atoms with van der Waals surface area (Å²) in [4.78, 5) is 7.78. The van der Waals surface area contributed by atoms with Gasteiger partial charge in [-0.25, -0.2) is 31.6 Å². The van der Waals surface area contributed by atoms with Crippen LogP contribution in [0, 0.1) is 23.4 Å². The molecule has 0 spiro atoms. The zero-order chi connectivity index (χ0) is 26.2. The first kappa shape index (κ1) is 25.3. The molecule has 1 aliphatic heterocycles. The van der Waals surface area contributed by atoms with Crippen molar-refractivity contribution in [3.8, 4) is 21.7 Å². The third-order valence-electron chi connectivity index (χ3n) is 5.88. The van der Waals surface area contributed by atoms with Gasteiger partial charge in [0.25, 0.3) is 10.0 Å². The molecular weight excluding hydrogens is 530 g/mol. The normalized spacial score (nSPS) is 14.6. The molecule has 0 atom stereocenters. The molecule has 0 radical (unpaired) electrons. The van der Waals surface area contributed by atoms with Crippen LogP contribution in [0.1, 0.15) is 23.8 Å². The number of anilines is 1. The number of nitrogens with zero attached hydrogens (tertiary/aromatic N) is 2. The van der Waals surface area contributed by atoms with Gasteiger partial charge in [0.1, 0.15) is 16.5 Å². The average Bonchev–Trinajstić information content (AvgIpc) is 3.32. The van der Waals surface area contributed by atoms with Gasteiger partial charge >= 0.3 is 0 Å². The molecule has 37 heavy (non-hydrogen) atoms. The van der Waals surface area contributed by atoms with E-state index in [1.807, 2.05) is 4.72 Å². The van der Waals surface area contributed by atoms with Crippen LogP contribution in [0.5, 0.6) is 0 Å². The highest BCUT2D eigenvalue weighted by molar-refractivity contribution is 7.92. The summed E-state index contributed by atoms with van der Waals surface area (Å²) in [6.45, 7) is 1.11. The van der Waals surface area contributed by atoms with Gasteiger partial charge in [-0.2, -0.15) is 4.39 Å². The standard InChI is InChI=1S/C25H19F4N3O3S2/c26-16-4-5-18(27)20(13-16)37(33,34)32-19-3-1-2-17(22(19)29)23-24(15-6-9-30-21(28)12-15)36-25(31-23)14-7-10-35-11-8-14/h1-6,9,12-14,32H,7-8,10-11H2. The van der Waals surface area contributed by atoms with Crippen LogP contribution in [0.2, 0.25) is 0 Å². The summed E-state index contributed by atoms with van der Waals surface area (Å²) in [7, 11) is -4.66. The van der Waals surface area contributed by atoms with Crippen molar-refractivity contribution in [2.24, 2.45) is 0 Å². The summed E-state index contributed by atoms with van der Waals surface area (Å²) in [5, 5.41) is 0.720. The predicted molar refractivity (Wildman–Crippen MR) is 131 cm³/mol. The highest BCUT2D eigenvalue weighted by Gasteiger charge is 2.27. The number of thiazole rings is 1. The Bertz CT molecular complexity index is 1570. The fourth-order valence-corrected chi connectivity index (χ4v) is 6.45. The van der Waals surface area contributed by atoms with Gasteiger partial charge in [-0.05, 0) is 54.8 Å². The van der Waals surface area contributed by atoms with Gasteiger partial charge in [0, 0.05) is 37.0 Å². The Balaban J connectivity index is 1.59. The van der Waals surface area contributed by atoms with E-state index in [9.17, 15) is 21.6 Å². The Morgan fingerprint density at radius 1 is 1.00 bits per heavy atom. The second kappa shape index (κ2) is 10.2. The smallest absolute Gasteiger partial charge is 0.265 e. The van der Waals surface area contributed by atoms with E-state index in [0.717, 1.165) is 30.0 Å². The van der Waals surface area contributed by atoms with Crippen molar-refractivity contribution >= 4 is 27.0 Å². The molecule has 0 saturated carbocycles. The van der Waals surface area contributed by atoms with Gasteiger partial charge in [-0.3, -0.25) is 4.72 Å². The summed E-state index contributed by atoms with van der Waals surface area (Å²) < 4.78 is 90.4. The Morgan fingerprint density at radius 3 is 2.54 bits per heavy atom. The second-order valence-electron chi connectivity index (χ2n) is 8.33. The lowest BCUT2D eigenvalue weighted by molar-refractivity contribution is 0.0853. The summed E-state index contributed by atoms with van der Waals surface area (Å²) in [6, 6.07) is 8.72. The molecular formula is C25H19F4N3O3S2. The van der Waals surface area contributed by atoms with Crippen molar-refractivity contribution in [3.63, 3.8) is 0 Å². The van der Waals surface area contributed by atoms with Crippen molar-refractivity contribution < 1.29 is 30.7 Å². The lowest BCUT2D eigenvalue weighted by Crippen LogP contribution is -2.16. The van der Waals surface area contributed by atoms with Crippen molar-refractivity contribution in [3.05, 3.63) is 83.1 Å². The topological polar surface area (TPSA) is 81.2 Å². The maximum atomic E-state index is 15.8. The van der Waals surface area contributed by atoms with Crippen molar-refractivity contribution in [1.82, 2.24) is 9.97 Å². The lowest BCUT2D eigenvalue weighted by atomic mass is 10.0. The Morgan fingerprint density at radius 2 is 1.78 bits per heavy atom. The average molecular weight is 550 g/mol. The molecule has 2 aromatic heterocycles. The van der Waals surface area contributed by atoms with E-state index in [4.69, 9.17) is 4.74 Å². The van der Waals surface area contributed by atoms with E-state index in [-0.39, 0.29) is 17.2 Å². The number of benzene rings is 2. The molecule has 0 amide bonds. The first-order chi connectivity index (χ1) is 17.7. The molecule has 0 bridgehead atoms. The fourth-order valence-electron chi connectivity index (χ4n) is 4.05. The first-order valence-corrected chi connectivity index (χ1v) is 13.5. The van der Waals surface area contributed by atoms with Crippen LogP contribution in [-0.4, -0.2) is 31.6 Å². The van der Waals surface area contributed by atoms with Crippen LogP contribution in [0.15, 0.2) is 59.6 Å². The Hall–Kier alpha value is -3.35. The largest absolute Gasteiger partial charge is 0.381 e. The van der Waals surface area contributed by atoms with Gasteiger partial charge in [0.15, 0.2) is 5.82 Å². The van der Waals surface area contributed by atoms with Crippen LogP contribution in [0.25, 0.3) is 21.7 Å². The zero-order valence-electron chi connectivity index (χ0n) is 19.0. The molecule has 1 N–H and O–H groups in total. The third kappa shape index (κ3) is 5.22. The number of hydrogen-bond acceptors (Lipinski definition) is 6. The molecule has 192 valence electrons. The van der Waals surface area contributed by atoms with Gasteiger partial charge in [0.05, 0.1) is 21.3 Å². The molecule has 6 nitrogen and oxygen atoms in total. The van der Waals surface area contributed by atoms with Crippen molar-refractivity contribution in [2.45, 2.75) is 23.7 Å². The van der Waals surface area contributed by atoms with E-state index in [1.54, 1.807) is 6.07 Å². The van der Waals surface area contributed by atoms with Gasteiger partial charge in [-0.1, -0.05) is 6.07 Å². The number of rotatable bonds is 6. The van der Waals surface area contributed by atoms with E-state index in [0.29, 0.717) is 35.8 Å². The summed E-state index contributed by atoms with van der Waals surface area (Å²) in [5.74, 6) is -3.77. The summed E-state index contributed by atoms with van der Waals surface area (Å²) in [6.07, 6.45) is 2.73. The molecule has 1 aliphatic rings. The molecule has 0 aliphatic carbocycles. The zero-order valence-corrected chi connectivity index (χ0v) is 20.7. The fraction of sp³-hybridized carbons (Fsp3) is 0.200. The highest BCUT2D eigenvalue weighted by atomic mass is 32.2. The van der Waals surface area contributed by atoms with Crippen LogP contribution in [0.3, 0.4) is 0 Å². The molecule has 12 heteroatoms. The predicted octanol–water partition coefficient (Wildman–Crippen LogP) is 6.12. The van der Waals surface area contributed by atoms with Crippen LogP contribution >= 0.6 is 11.3 Å². The minimum atomic E-state index is -4.66. The van der Waals surface area contributed by atoms with Gasteiger partial charge in [-0.15, -0.1) is 11.3 Å². The number of hydrogen-bond donors (Lipinski definition) is 1. The number of sulfonamides is 1. The summed E-state index contributed by atoms with van der Waals surface area (Å²) >= 11 is 1.29. The molecule has 5 rings (SSSR count). The first-order valence-electron chi connectivity index (χ1n) is 11.2. The quantitative estimate of drug-likeness (QED) is 0.231. The minimum Gasteiger partial charge on any atom is -0.381 e. The number of nitrogens with one attached hydrogen (secondary N) is 1. The van der Waals surface area contributed by atoms with Gasteiger partial charge in [0.2, 0.25) is 5.95 Å². The number of halogens is 4. The molecule has 2 aromatic carbocycles. The van der Waals surface area contributed by atoms with E-state index in [1.165, 1.54) is 35.7 Å². The monoisotopic (exact) mass is 549 g/mol. The molecule has 4 aromatic rings. The van der Waals surface area contributed by atoms with Crippen molar-refractivity contribution in [2.75, 3.05) is 17.9 Å². The Kier molecular flexibility index (Phi) is 6.97. The molecule has 0 unspecified atom stereocenters. The molecule has 1 saturated heterocycles. The molecule has 3 heterocycles. The van der Waals surface area contributed by atoms with E-state index in [2.05, 4.69) is 9.97 Å². The third-order valence-corrected chi connectivity index (χ3v) is 8.53. The minimum absolute atomic E-state index is 0.0401. The molecule has 1 fully saturated rings. The SMILES string of the molecule is O=S(=O)(Nc1cccc(-c2nc(C3CCOCC3)sc2-c2ccnc(F)c2)c1F)c1cc(F)ccc1F. The second-order valence-corrected chi connectivity index (χ2v) is 11.0. The van der Waals surface area contributed by atoms with E-state index < -0.39 is 44.0 Å². The van der Waals surface area contributed by atoms with Crippen LogP contribution in [-0.2, 0) is 14.8 Å².